The molecule has 1 heterocycles. The van der Waals surface area contributed by atoms with Crippen molar-refractivity contribution in [3.05, 3.63) is 35.6 Å². The topological polar surface area (TPSA) is 57.6 Å². The number of carbonyl (C=O) groups excluding carboxylic acids is 1. The zero-order valence-corrected chi connectivity index (χ0v) is 13.8. The zero-order valence-electron chi connectivity index (χ0n) is 13.8. The molecule has 0 radical (unpaired) electrons. The quantitative estimate of drug-likeness (QED) is 0.847. The predicted octanol–water partition coefficient (Wildman–Crippen LogP) is 2.93. The highest BCUT2D eigenvalue weighted by molar-refractivity contribution is 5.74. The Morgan fingerprint density at radius 3 is 2.65 bits per heavy atom. The lowest BCUT2D eigenvalue weighted by Gasteiger charge is -2.30. The van der Waals surface area contributed by atoms with E-state index in [1.54, 1.807) is 12.1 Å². The average molecular weight is 321 g/mol. The molecule has 3 atom stereocenters. The SMILES string of the molecule is CC(C)(C)C[C@H](C(=O)O)N1C[C@H](c2cccc(F)c2)[C@@H](C=O)C1. The summed E-state index contributed by atoms with van der Waals surface area (Å²) >= 11 is 0. The number of benzene rings is 1. The lowest BCUT2D eigenvalue weighted by atomic mass is 9.87. The maximum atomic E-state index is 13.5. The van der Waals surface area contributed by atoms with E-state index in [0.717, 1.165) is 11.8 Å². The summed E-state index contributed by atoms with van der Waals surface area (Å²) < 4.78 is 13.5. The van der Waals surface area contributed by atoms with Crippen molar-refractivity contribution in [2.45, 2.75) is 39.2 Å². The van der Waals surface area contributed by atoms with Crippen molar-refractivity contribution < 1.29 is 19.1 Å². The van der Waals surface area contributed by atoms with Gasteiger partial charge in [-0.3, -0.25) is 9.69 Å². The zero-order chi connectivity index (χ0) is 17.2. The minimum Gasteiger partial charge on any atom is -0.480 e. The second kappa shape index (κ2) is 6.79. The molecule has 0 spiro atoms. The fourth-order valence-corrected chi connectivity index (χ4v) is 3.30. The number of aldehydes is 1. The molecule has 23 heavy (non-hydrogen) atoms. The first-order valence-corrected chi connectivity index (χ1v) is 7.89. The summed E-state index contributed by atoms with van der Waals surface area (Å²) in [4.78, 5) is 24.9. The van der Waals surface area contributed by atoms with Gasteiger partial charge in [-0.15, -0.1) is 0 Å². The molecule has 1 aromatic carbocycles. The Labute approximate surface area is 136 Å². The van der Waals surface area contributed by atoms with Gasteiger partial charge < -0.3 is 9.90 Å². The van der Waals surface area contributed by atoms with E-state index in [1.807, 2.05) is 25.7 Å². The number of likely N-dealkylation sites (tertiary alicyclic amines) is 1. The molecular formula is C18H24FNO3. The summed E-state index contributed by atoms with van der Waals surface area (Å²) in [6.07, 6.45) is 1.37. The fraction of sp³-hybridized carbons (Fsp3) is 0.556. The molecule has 1 aromatic rings. The van der Waals surface area contributed by atoms with Crippen LogP contribution in [-0.4, -0.2) is 41.4 Å². The number of hydrogen-bond donors (Lipinski definition) is 1. The number of carboxylic acid groups (broad SMARTS) is 1. The summed E-state index contributed by atoms with van der Waals surface area (Å²) in [5.41, 5.74) is 0.626. The van der Waals surface area contributed by atoms with Crippen LogP contribution in [0.1, 0.15) is 38.7 Å². The Morgan fingerprint density at radius 1 is 1.43 bits per heavy atom. The van der Waals surface area contributed by atoms with Gasteiger partial charge in [-0.2, -0.15) is 0 Å². The third-order valence-corrected chi connectivity index (χ3v) is 4.38. The Hall–Kier alpha value is -1.75. The van der Waals surface area contributed by atoms with Gasteiger partial charge in [0.2, 0.25) is 0 Å². The van der Waals surface area contributed by atoms with Gasteiger partial charge >= 0.3 is 5.97 Å². The van der Waals surface area contributed by atoms with Crippen LogP contribution in [0.25, 0.3) is 0 Å². The molecule has 126 valence electrons. The average Bonchev–Trinajstić information content (AvgIpc) is 2.87. The minimum atomic E-state index is -0.871. The minimum absolute atomic E-state index is 0.128. The van der Waals surface area contributed by atoms with Crippen LogP contribution < -0.4 is 0 Å². The molecule has 0 aromatic heterocycles. The predicted molar refractivity (Wildman–Crippen MR) is 85.8 cm³/mol. The first kappa shape index (κ1) is 17.6. The van der Waals surface area contributed by atoms with Crippen molar-refractivity contribution in [2.75, 3.05) is 13.1 Å². The summed E-state index contributed by atoms with van der Waals surface area (Å²) in [5, 5.41) is 9.57. The van der Waals surface area contributed by atoms with Crippen LogP contribution in [0.2, 0.25) is 0 Å². The van der Waals surface area contributed by atoms with E-state index in [9.17, 15) is 19.1 Å². The van der Waals surface area contributed by atoms with Crippen LogP contribution in [0.3, 0.4) is 0 Å². The number of rotatable bonds is 5. The second-order valence-corrected chi connectivity index (χ2v) is 7.53. The first-order valence-electron chi connectivity index (χ1n) is 7.89. The van der Waals surface area contributed by atoms with E-state index in [2.05, 4.69) is 0 Å². The molecule has 1 saturated heterocycles. The van der Waals surface area contributed by atoms with Crippen LogP contribution >= 0.6 is 0 Å². The number of aliphatic carboxylic acids is 1. The molecule has 0 aliphatic carbocycles. The van der Waals surface area contributed by atoms with Gasteiger partial charge in [-0.05, 0) is 29.5 Å². The van der Waals surface area contributed by atoms with E-state index in [-0.39, 0.29) is 23.1 Å². The molecule has 1 fully saturated rings. The van der Waals surface area contributed by atoms with Crippen LogP contribution in [0.15, 0.2) is 24.3 Å². The van der Waals surface area contributed by atoms with Crippen LogP contribution in [0.4, 0.5) is 4.39 Å². The first-order chi connectivity index (χ1) is 10.7. The largest absolute Gasteiger partial charge is 0.480 e. The van der Waals surface area contributed by atoms with Crippen molar-refractivity contribution in [1.82, 2.24) is 4.90 Å². The summed E-state index contributed by atoms with van der Waals surface area (Å²) in [6, 6.07) is 5.60. The molecule has 1 aliphatic heterocycles. The number of carboxylic acids is 1. The number of halogens is 1. The molecule has 5 heteroatoms. The van der Waals surface area contributed by atoms with Crippen molar-refractivity contribution in [2.24, 2.45) is 11.3 Å². The van der Waals surface area contributed by atoms with E-state index in [1.165, 1.54) is 12.1 Å². The van der Waals surface area contributed by atoms with Crippen molar-refractivity contribution in [3.63, 3.8) is 0 Å². The van der Waals surface area contributed by atoms with Crippen molar-refractivity contribution >= 4 is 12.3 Å². The van der Waals surface area contributed by atoms with Gasteiger partial charge in [0.25, 0.3) is 0 Å². The smallest absolute Gasteiger partial charge is 0.320 e. The molecule has 0 bridgehead atoms. The normalized spacial score (nSPS) is 23.7. The Kier molecular flexibility index (Phi) is 5.19. The van der Waals surface area contributed by atoms with E-state index >= 15 is 0 Å². The molecule has 0 unspecified atom stereocenters. The van der Waals surface area contributed by atoms with Crippen LogP contribution in [0, 0.1) is 17.2 Å². The maximum absolute atomic E-state index is 13.5. The van der Waals surface area contributed by atoms with Gasteiger partial charge in [0.1, 0.15) is 18.1 Å². The summed E-state index contributed by atoms with van der Waals surface area (Å²) in [5.74, 6) is -1.68. The molecule has 1 N–H and O–H groups in total. The van der Waals surface area contributed by atoms with Gasteiger partial charge in [-0.1, -0.05) is 32.9 Å². The lowest BCUT2D eigenvalue weighted by molar-refractivity contribution is -0.144. The van der Waals surface area contributed by atoms with Gasteiger partial charge in [0, 0.05) is 24.9 Å². The molecule has 2 rings (SSSR count). The highest BCUT2D eigenvalue weighted by Gasteiger charge is 2.40. The standard InChI is InChI=1S/C18H24FNO3/c1-18(2,3)8-16(17(22)23)20-9-13(11-21)15(10-20)12-5-4-6-14(19)7-12/h4-7,11,13,15-16H,8-10H2,1-3H3,(H,22,23)/t13-,15-,16-/m1/s1. The third kappa shape index (κ3) is 4.38. The summed E-state index contributed by atoms with van der Waals surface area (Å²) in [7, 11) is 0. The van der Waals surface area contributed by atoms with Crippen LogP contribution in [0.5, 0.6) is 0 Å². The third-order valence-electron chi connectivity index (χ3n) is 4.38. The maximum Gasteiger partial charge on any atom is 0.320 e. The molecule has 4 nitrogen and oxygen atoms in total. The van der Waals surface area contributed by atoms with Gasteiger partial charge in [-0.25, -0.2) is 4.39 Å². The lowest BCUT2D eigenvalue weighted by Crippen LogP contribution is -2.42. The van der Waals surface area contributed by atoms with E-state index < -0.39 is 12.0 Å². The van der Waals surface area contributed by atoms with Gasteiger partial charge in [0.05, 0.1) is 0 Å². The number of hydrogen-bond acceptors (Lipinski definition) is 3. The monoisotopic (exact) mass is 321 g/mol. The molecular weight excluding hydrogens is 297 g/mol. The Bertz CT molecular complexity index is 582. The molecule has 0 amide bonds. The van der Waals surface area contributed by atoms with Crippen molar-refractivity contribution in [1.29, 1.82) is 0 Å². The summed E-state index contributed by atoms with van der Waals surface area (Å²) in [6.45, 7) is 6.86. The molecule has 0 saturated carbocycles. The Balaban J connectivity index is 2.23. The Morgan fingerprint density at radius 2 is 2.13 bits per heavy atom. The highest BCUT2D eigenvalue weighted by atomic mass is 19.1. The van der Waals surface area contributed by atoms with E-state index in [0.29, 0.717) is 19.5 Å². The molecule has 1 aliphatic rings. The van der Waals surface area contributed by atoms with Crippen LogP contribution in [-0.2, 0) is 9.59 Å². The fourth-order valence-electron chi connectivity index (χ4n) is 3.30. The number of carbonyl (C=O) groups is 2. The van der Waals surface area contributed by atoms with E-state index in [4.69, 9.17) is 0 Å². The number of nitrogens with zero attached hydrogens (tertiary/aromatic N) is 1. The highest BCUT2D eigenvalue weighted by Crippen LogP contribution is 2.35. The van der Waals surface area contributed by atoms with Gasteiger partial charge in [0.15, 0.2) is 0 Å². The van der Waals surface area contributed by atoms with Crippen molar-refractivity contribution in [3.8, 4) is 0 Å². The second-order valence-electron chi connectivity index (χ2n) is 7.53.